The number of hydrogen-bond donors (Lipinski definition) is 6. The second kappa shape index (κ2) is 9.21. The van der Waals surface area contributed by atoms with Gasteiger partial charge in [0.05, 0.1) is 12.7 Å². The Morgan fingerprint density at radius 2 is 1.83 bits per heavy atom. The van der Waals surface area contributed by atoms with Crippen LogP contribution in [0.4, 0.5) is 0 Å². The summed E-state index contributed by atoms with van der Waals surface area (Å²) in [5.74, 6) is -1.94. The maximum Gasteiger partial charge on any atom is 0.327 e. The molecule has 2 aliphatic rings. The van der Waals surface area contributed by atoms with E-state index in [1.165, 1.54) is 47.9 Å². The molecule has 2 fully saturated rings. The smallest absolute Gasteiger partial charge is 0.327 e. The number of β-lactam (4-membered cyclic amide) rings is 1. The number of benzene rings is 1. The van der Waals surface area contributed by atoms with E-state index in [1.807, 2.05) is 0 Å². The van der Waals surface area contributed by atoms with Crippen molar-refractivity contribution in [2.75, 3.05) is 6.61 Å². The van der Waals surface area contributed by atoms with E-state index in [2.05, 4.69) is 5.32 Å². The summed E-state index contributed by atoms with van der Waals surface area (Å²) in [5.41, 5.74) is 6.41. The summed E-state index contributed by atoms with van der Waals surface area (Å²) in [6.07, 6.45) is -0.560. The van der Waals surface area contributed by atoms with Gasteiger partial charge in [0.15, 0.2) is 0 Å². The van der Waals surface area contributed by atoms with Crippen LogP contribution in [0.25, 0.3) is 0 Å². The summed E-state index contributed by atoms with van der Waals surface area (Å²) >= 11 is 1.35. The van der Waals surface area contributed by atoms with Crippen LogP contribution in [0.2, 0.25) is 0 Å². The number of carbonyl (C=O) groups is 3. The number of hydrogen-bond acceptors (Lipinski definition) is 8. The van der Waals surface area contributed by atoms with Gasteiger partial charge in [-0.2, -0.15) is 0 Å². The van der Waals surface area contributed by atoms with Gasteiger partial charge in [0.1, 0.15) is 29.2 Å². The number of thioether (sulfide) groups is 1. The SMILES string of the molecule is CC(O)CO.CC1(C)S[C@@H]2[C@H](NC(=O)[C@H](N)c3ccc(O)cc3)C(=O)N2[C@H]1C(=O)O. The third-order valence-electron chi connectivity index (χ3n) is 4.77. The lowest BCUT2D eigenvalue weighted by molar-refractivity contribution is -0.161. The van der Waals surface area contributed by atoms with Crippen LogP contribution in [0.1, 0.15) is 32.4 Å². The first kappa shape index (κ1) is 23.9. The number of carbonyl (C=O) groups excluding carboxylic acids is 2. The summed E-state index contributed by atoms with van der Waals surface area (Å²) in [5, 5.41) is 36.9. The van der Waals surface area contributed by atoms with Crippen LogP contribution in [-0.4, -0.2) is 78.0 Å². The second-order valence-corrected chi connectivity index (χ2v) is 9.46. The number of rotatable bonds is 5. The maximum absolute atomic E-state index is 12.3. The standard InChI is InChI=1S/C16H19N3O5S.C3H8O2/c1-16(2)11(15(23)24)19-13(22)10(14(19)25-16)18-12(21)9(17)7-3-5-8(20)6-4-7;1-3(5)2-4/h3-6,9-11,14,20H,17H2,1-2H3,(H,18,21)(H,23,24);3-5H,2H2,1H3/t9-,10-,11+,14-;/m1./s1. The second-order valence-electron chi connectivity index (χ2n) is 7.69. The van der Waals surface area contributed by atoms with E-state index in [9.17, 15) is 24.6 Å². The number of phenols is 1. The van der Waals surface area contributed by atoms with E-state index in [4.69, 9.17) is 15.9 Å². The zero-order valence-corrected chi connectivity index (χ0v) is 17.7. The first-order valence-corrected chi connectivity index (χ1v) is 10.1. The van der Waals surface area contributed by atoms with Gasteiger partial charge in [-0.25, -0.2) is 4.79 Å². The predicted molar refractivity (Wildman–Crippen MR) is 109 cm³/mol. The molecule has 2 amide bonds. The Labute approximate surface area is 178 Å². The van der Waals surface area contributed by atoms with Gasteiger partial charge < -0.3 is 36.4 Å². The van der Waals surface area contributed by atoms with Crippen molar-refractivity contribution >= 4 is 29.5 Å². The molecule has 10 nitrogen and oxygen atoms in total. The maximum atomic E-state index is 12.3. The predicted octanol–water partition coefficient (Wildman–Crippen LogP) is -0.617. The molecule has 11 heteroatoms. The molecule has 30 heavy (non-hydrogen) atoms. The van der Waals surface area contributed by atoms with Gasteiger partial charge in [0, 0.05) is 4.75 Å². The fourth-order valence-electron chi connectivity index (χ4n) is 3.22. The van der Waals surface area contributed by atoms with Crippen molar-refractivity contribution in [2.45, 2.75) is 55.1 Å². The molecule has 0 radical (unpaired) electrons. The van der Waals surface area contributed by atoms with E-state index in [-0.39, 0.29) is 12.4 Å². The topological polar surface area (TPSA) is 173 Å². The third kappa shape index (κ3) is 4.86. The Kier molecular flexibility index (Phi) is 7.35. The lowest BCUT2D eigenvalue weighted by Crippen LogP contribution is -2.71. The molecular formula is C19H27N3O7S. The van der Waals surface area contributed by atoms with Crippen molar-refractivity contribution in [3.8, 4) is 5.75 Å². The number of nitrogens with zero attached hydrogens (tertiary/aromatic N) is 1. The number of aliphatic hydroxyl groups excluding tert-OH is 2. The molecule has 2 saturated heterocycles. The fraction of sp³-hybridized carbons (Fsp3) is 0.526. The van der Waals surface area contributed by atoms with Crippen molar-refractivity contribution in [1.82, 2.24) is 10.2 Å². The van der Waals surface area contributed by atoms with E-state index in [1.54, 1.807) is 13.8 Å². The molecule has 5 atom stereocenters. The lowest BCUT2D eigenvalue weighted by Gasteiger charge is -2.43. The molecule has 166 valence electrons. The van der Waals surface area contributed by atoms with Crippen LogP contribution in [0.15, 0.2) is 24.3 Å². The minimum absolute atomic E-state index is 0.0606. The number of phenolic OH excluding ortho intramolecular Hbond substituents is 1. The Hall–Kier alpha value is -2.34. The number of nitrogens with one attached hydrogen (secondary N) is 1. The van der Waals surface area contributed by atoms with Crippen LogP contribution in [0, 0.1) is 0 Å². The average molecular weight is 442 g/mol. The number of aliphatic hydroxyl groups is 2. The van der Waals surface area contributed by atoms with Gasteiger partial charge in [0.2, 0.25) is 11.8 Å². The molecule has 0 saturated carbocycles. The highest BCUT2D eigenvalue weighted by molar-refractivity contribution is 8.01. The third-order valence-corrected chi connectivity index (χ3v) is 6.34. The highest BCUT2D eigenvalue weighted by Gasteiger charge is 2.64. The van der Waals surface area contributed by atoms with Gasteiger partial charge in [-0.3, -0.25) is 9.59 Å². The largest absolute Gasteiger partial charge is 0.508 e. The van der Waals surface area contributed by atoms with E-state index in [0.29, 0.717) is 5.56 Å². The van der Waals surface area contributed by atoms with Crippen molar-refractivity contribution in [3.05, 3.63) is 29.8 Å². The fourth-order valence-corrected chi connectivity index (χ4v) is 4.85. The highest BCUT2D eigenvalue weighted by atomic mass is 32.2. The van der Waals surface area contributed by atoms with Crippen molar-refractivity contribution in [1.29, 1.82) is 0 Å². The Morgan fingerprint density at radius 3 is 2.30 bits per heavy atom. The van der Waals surface area contributed by atoms with Gasteiger partial charge >= 0.3 is 5.97 Å². The summed E-state index contributed by atoms with van der Waals surface area (Å²) in [4.78, 5) is 37.5. The first-order valence-electron chi connectivity index (χ1n) is 9.27. The Morgan fingerprint density at radius 1 is 1.30 bits per heavy atom. The van der Waals surface area contributed by atoms with Crippen LogP contribution in [0.5, 0.6) is 5.75 Å². The summed E-state index contributed by atoms with van der Waals surface area (Å²) in [6, 6.07) is 3.21. The molecule has 1 aromatic rings. The molecule has 2 heterocycles. The molecule has 0 spiro atoms. The van der Waals surface area contributed by atoms with Crippen LogP contribution in [0.3, 0.4) is 0 Å². The van der Waals surface area contributed by atoms with E-state index >= 15 is 0 Å². The van der Waals surface area contributed by atoms with Gasteiger partial charge in [-0.05, 0) is 38.5 Å². The highest BCUT2D eigenvalue weighted by Crippen LogP contribution is 2.50. The summed E-state index contributed by atoms with van der Waals surface area (Å²) < 4.78 is -0.648. The lowest BCUT2D eigenvalue weighted by atomic mass is 9.95. The van der Waals surface area contributed by atoms with Crippen LogP contribution in [-0.2, 0) is 14.4 Å². The Bertz CT molecular complexity index is 800. The Balaban J connectivity index is 0.000000575. The molecule has 3 rings (SSSR count). The molecule has 1 aromatic carbocycles. The van der Waals surface area contributed by atoms with Crippen LogP contribution < -0.4 is 11.1 Å². The molecule has 0 aliphatic carbocycles. The molecular weight excluding hydrogens is 414 g/mol. The number of nitrogens with two attached hydrogens (primary N) is 1. The number of carboxylic acids is 1. The zero-order chi connectivity index (χ0) is 22.8. The number of carboxylic acid groups (broad SMARTS) is 1. The molecule has 1 unspecified atom stereocenters. The number of aromatic hydroxyl groups is 1. The van der Waals surface area contributed by atoms with Gasteiger partial charge in [-0.15, -0.1) is 11.8 Å². The van der Waals surface area contributed by atoms with Gasteiger partial charge in [-0.1, -0.05) is 12.1 Å². The zero-order valence-electron chi connectivity index (χ0n) is 16.8. The molecule has 7 N–H and O–H groups in total. The first-order chi connectivity index (χ1) is 13.9. The number of fused-ring (bicyclic) bond motifs is 1. The molecule has 0 aromatic heterocycles. The molecule has 0 bridgehead atoms. The van der Waals surface area contributed by atoms with Crippen molar-refractivity contribution < 1.29 is 34.8 Å². The van der Waals surface area contributed by atoms with E-state index in [0.717, 1.165) is 0 Å². The van der Waals surface area contributed by atoms with Gasteiger partial charge in [0.25, 0.3) is 0 Å². The summed E-state index contributed by atoms with van der Waals surface area (Å²) in [7, 11) is 0. The molecule has 2 aliphatic heterocycles. The van der Waals surface area contributed by atoms with Crippen LogP contribution >= 0.6 is 11.8 Å². The normalized spacial score (nSPS) is 25.9. The minimum atomic E-state index is -1.06. The van der Waals surface area contributed by atoms with Crippen molar-refractivity contribution in [3.63, 3.8) is 0 Å². The van der Waals surface area contributed by atoms with Crippen molar-refractivity contribution in [2.24, 2.45) is 5.73 Å². The quantitative estimate of drug-likeness (QED) is 0.326. The minimum Gasteiger partial charge on any atom is -0.508 e. The number of aliphatic carboxylic acids is 1. The summed E-state index contributed by atoms with van der Waals surface area (Å²) in [6.45, 7) is 4.92. The van der Waals surface area contributed by atoms with E-state index < -0.39 is 52.1 Å². The monoisotopic (exact) mass is 441 g/mol. The number of amides is 2. The average Bonchev–Trinajstić information content (AvgIpc) is 2.94.